The molecule has 0 aromatic carbocycles. The average Bonchev–Trinajstić information content (AvgIpc) is 3.61. The van der Waals surface area contributed by atoms with Crippen molar-refractivity contribution < 1.29 is 23.8 Å². The Labute approximate surface area is 202 Å². The molecule has 3 N–H and O–H groups in total. The van der Waals surface area contributed by atoms with Crippen molar-refractivity contribution in [1.29, 1.82) is 0 Å². The number of carbonyl (C=O) groups is 1. The summed E-state index contributed by atoms with van der Waals surface area (Å²) in [6.45, 7) is 5.45. The van der Waals surface area contributed by atoms with Gasteiger partial charge in [-0.05, 0) is 25.7 Å². The number of morpholine rings is 1. The van der Waals surface area contributed by atoms with Crippen molar-refractivity contribution in [3.05, 3.63) is 18.0 Å². The molecular weight excluding hydrogens is 454 g/mol. The fraction of sp³-hybridized carbons (Fsp3) is 0.609. The number of anilines is 3. The maximum absolute atomic E-state index is 12.4. The van der Waals surface area contributed by atoms with Crippen LogP contribution in [-0.2, 0) is 14.3 Å². The van der Waals surface area contributed by atoms with E-state index in [1.807, 2.05) is 15.9 Å². The number of oxazole rings is 1. The number of ether oxygens (including phenoxy) is 2. The number of aliphatic hydroxyl groups excluding tert-OH is 1. The molecule has 0 radical (unpaired) electrons. The second kappa shape index (κ2) is 9.17. The molecule has 1 unspecified atom stereocenters. The number of pyridine rings is 1. The normalized spacial score (nSPS) is 25.9. The van der Waals surface area contributed by atoms with Crippen LogP contribution in [0.2, 0.25) is 0 Å². The number of fused-ring (bicyclic) bond motifs is 1. The third-order valence-electron chi connectivity index (χ3n) is 7.07. The first-order chi connectivity index (χ1) is 17.1. The lowest BCUT2D eigenvalue weighted by atomic mass is 10.1. The molecule has 4 aliphatic heterocycles. The first-order valence-corrected chi connectivity index (χ1v) is 12.3. The zero-order chi connectivity index (χ0) is 23.9. The van der Waals surface area contributed by atoms with Crippen molar-refractivity contribution in [1.82, 2.24) is 14.9 Å². The first kappa shape index (κ1) is 22.4. The van der Waals surface area contributed by atoms with Gasteiger partial charge in [0.1, 0.15) is 12.0 Å². The molecule has 3 fully saturated rings. The summed E-state index contributed by atoms with van der Waals surface area (Å²) in [6.07, 6.45) is 4.29. The van der Waals surface area contributed by atoms with Gasteiger partial charge in [0.15, 0.2) is 11.4 Å². The number of aromatic nitrogens is 2. The molecule has 2 aromatic rings. The molecule has 4 aliphatic rings. The average molecular weight is 486 g/mol. The minimum atomic E-state index is -0.612. The molecule has 12 heteroatoms. The third-order valence-corrected chi connectivity index (χ3v) is 7.07. The number of carbonyl (C=O) groups excluding carboxylic acids is 1. The fourth-order valence-electron chi connectivity index (χ4n) is 5.24. The highest BCUT2D eigenvalue weighted by Crippen LogP contribution is 2.40. The predicted molar refractivity (Wildman–Crippen MR) is 128 cm³/mol. The molecule has 35 heavy (non-hydrogen) atoms. The van der Waals surface area contributed by atoms with Crippen LogP contribution in [0, 0.1) is 0 Å². The van der Waals surface area contributed by atoms with E-state index in [4.69, 9.17) is 24.6 Å². The molecule has 0 aliphatic carbocycles. The third kappa shape index (κ3) is 4.15. The molecule has 1 amide bonds. The largest absolute Gasteiger partial charge is 0.462 e. The van der Waals surface area contributed by atoms with Crippen LogP contribution in [0.3, 0.4) is 0 Å². The van der Waals surface area contributed by atoms with E-state index in [1.54, 1.807) is 4.90 Å². The summed E-state index contributed by atoms with van der Waals surface area (Å²) < 4.78 is 17.5. The maximum Gasteiger partial charge on any atom is 0.300 e. The molecule has 0 saturated carbocycles. The number of piperidine rings is 1. The smallest absolute Gasteiger partial charge is 0.300 e. The molecule has 0 spiro atoms. The van der Waals surface area contributed by atoms with Gasteiger partial charge in [0.05, 0.1) is 25.0 Å². The second-order valence-electron chi connectivity index (χ2n) is 9.43. The summed E-state index contributed by atoms with van der Waals surface area (Å²) in [5.74, 6) is 0.130. The molecule has 3 saturated heterocycles. The van der Waals surface area contributed by atoms with Crippen molar-refractivity contribution in [2.24, 2.45) is 5.73 Å². The SMILES string of the molecule is NC(=O)C1=CO[C@@H](N2CCC(O)C2)N1c1cc2oc(N3CCOCC3)nc2nc1N1CCCCC1. The number of β-amino-alcohol motifs (C(OH)–C–C–N with tert-alkyl or cyclic N) is 1. The van der Waals surface area contributed by atoms with Gasteiger partial charge in [-0.15, -0.1) is 0 Å². The van der Waals surface area contributed by atoms with Gasteiger partial charge in [0.25, 0.3) is 11.9 Å². The Morgan fingerprint density at radius 1 is 1.06 bits per heavy atom. The fourth-order valence-corrected chi connectivity index (χ4v) is 5.24. The van der Waals surface area contributed by atoms with Crippen LogP contribution in [0.5, 0.6) is 0 Å². The van der Waals surface area contributed by atoms with E-state index in [-0.39, 0.29) is 5.70 Å². The molecule has 12 nitrogen and oxygen atoms in total. The van der Waals surface area contributed by atoms with Crippen LogP contribution < -0.4 is 20.4 Å². The maximum atomic E-state index is 12.4. The summed E-state index contributed by atoms with van der Waals surface area (Å²) in [5, 5.41) is 10.1. The van der Waals surface area contributed by atoms with Gasteiger partial charge >= 0.3 is 0 Å². The van der Waals surface area contributed by atoms with E-state index < -0.39 is 18.4 Å². The van der Waals surface area contributed by atoms with Crippen molar-refractivity contribution in [3.8, 4) is 0 Å². The Bertz CT molecular complexity index is 1120. The zero-order valence-electron chi connectivity index (χ0n) is 19.6. The molecule has 188 valence electrons. The molecule has 0 bridgehead atoms. The molecular formula is C23H31N7O5. The quantitative estimate of drug-likeness (QED) is 0.615. The zero-order valence-corrected chi connectivity index (χ0v) is 19.6. The van der Waals surface area contributed by atoms with Crippen LogP contribution in [0.1, 0.15) is 25.7 Å². The monoisotopic (exact) mass is 485 g/mol. The Morgan fingerprint density at radius 3 is 2.57 bits per heavy atom. The topological polar surface area (TPSA) is 134 Å². The van der Waals surface area contributed by atoms with E-state index in [0.29, 0.717) is 68.7 Å². The van der Waals surface area contributed by atoms with Crippen LogP contribution in [0.4, 0.5) is 17.5 Å². The highest BCUT2D eigenvalue weighted by atomic mass is 16.5. The van der Waals surface area contributed by atoms with Crippen molar-refractivity contribution in [3.63, 3.8) is 0 Å². The second-order valence-corrected chi connectivity index (χ2v) is 9.43. The summed E-state index contributed by atoms with van der Waals surface area (Å²) in [5.41, 5.74) is 7.74. The lowest BCUT2D eigenvalue weighted by molar-refractivity contribution is -0.114. The van der Waals surface area contributed by atoms with Gasteiger partial charge in [0, 0.05) is 45.3 Å². The number of hydrogen-bond donors (Lipinski definition) is 2. The van der Waals surface area contributed by atoms with Crippen molar-refractivity contribution in [2.75, 3.05) is 67.2 Å². The highest BCUT2D eigenvalue weighted by molar-refractivity contribution is 5.98. The van der Waals surface area contributed by atoms with Gasteiger partial charge in [0.2, 0.25) is 12.0 Å². The Kier molecular flexibility index (Phi) is 5.86. The summed E-state index contributed by atoms with van der Waals surface area (Å²) in [4.78, 5) is 30.1. The summed E-state index contributed by atoms with van der Waals surface area (Å²) >= 11 is 0. The Balaban J connectivity index is 1.45. The number of aliphatic hydroxyl groups is 1. The number of nitrogens with zero attached hydrogens (tertiary/aromatic N) is 6. The Morgan fingerprint density at radius 2 is 1.86 bits per heavy atom. The molecule has 6 rings (SSSR count). The van der Waals surface area contributed by atoms with Crippen LogP contribution in [-0.4, -0.2) is 90.8 Å². The molecule has 2 atom stereocenters. The van der Waals surface area contributed by atoms with Crippen molar-refractivity contribution in [2.45, 2.75) is 38.1 Å². The summed E-state index contributed by atoms with van der Waals surface area (Å²) in [6, 6.07) is 2.40. The van der Waals surface area contributed by atoms with Crippen LogP contribution in [0.25, 0.3) is 11.2 Å². The van der Waals surface area contributed by atoms with Gasteiger partial charge in [-0.2, -0.15) is 4.98 Å². The summed E-state index contributed by atoms with van der Waals surface area (Å²) in [7, 11) is 0. The van der Waals surface area contributed by atoms with Crippen LogP contribution in [0.15, 0.2) is 22.4 Å². The van der Waals surface area contributed by atoms with Crippen LogP contribution >= 0.6 is 0 Å². The Hall–Kier alpha value is -3.09. The van der Waals surface area contributed by atoms with E-state index in [1.165, 1.54) is 12.7 Å². The minimum Gasteiger partial charge on any atom is -0.462 e. The van der Waals surface area contributed by atoms with Gasteiger partial charge in [-0.3, -0.25) is 9.69 Å². The lowest BCUT2D eigenvalue weighted by Gasteiger charge is -2.36. The minimum absolute atomic E-state index is 0.240. The number of primary amides is 1. The van der Waals surface area contributed by atoms with E-state index in [9.17, 15) is 9.90 Å². The number of hydrogen-bond acceptors (Lipinski definition) is 11. The van der Waals surface area contributed by atoms with E-state index in [0.717, 1.165) is 31.7 Å². The van der Waals surface area contributed by atoms with E-state index in [2.05, 4.69) is 9.88 Å². The number of likely N-dealkylation sites (tertiary alicyclic amines) is 1. The highest BCUT2D eigenvalue weighted by Gasteiger charge is 2.41. The molecule has 2 aromatic heterocycles. The van der Waals surface area contributed by atoms with Crippen molar-refractivity contribution >= 4 is 34.7 Å². The number of rotatable bonds is 5. The van der Waals surface area contributed by atoms with E-state index >= 15 is 0 Å². The lowest BCUT2D eigenvalue weighted by Crippen LogP contribution is -2.48. The first-order valence-electron chi connectivity index (χ1n) is 12.3. The molecule has 6 heterocycles. The van der Waals surface area contributed by atoms with Gasteiger partial charge < -0.3 is 34.5 Å². The predicted octanol–water partition coefficient (Wildman–Crippen LogP) is 0.563. The standard InChI is InChI=1S/C23H31N7O5/c24-19(32)17-14-34-23(29-7-4-15(31)13-29)30(17)16-12-18-20(25-21(16)27-5-2-1-3-6-27)26-22(35-18)28-8-10-33-11-9-28/h12,14-15,23,31H,1-11,13H2,(H2,24,32)/t15?,23-/m0/s1. The number of amides is 1. The van der Waals surface area contributed by atoms with Gasteiger partial charge in [-0.1, -0.05) is 0 Å². The number of nitrogens with two attached hydrogens (primary N) is 1. The van der Waals surface area contributed by atoms with Gasteiger partial charge in [-0.25, -0.2) is 9.88 Å².